The average Bonchev–Trinajstić information content (AvgIpc) is 3.10. The van der Waals surface area contributed by atoms with Gasteiger partial charge in [-0.25, -0.2) is 0 Å². The maximum Gasteiger partial charge on any atom is 0.168 e. The van der Waals surface area contributed by atoms with Gasteiger partial charge in [-0.2, -0.15) is 0 Å². The normalized spacial score (nSPS) is 42.4. The van der Waals surface area contributed by atoms with Gasteiger partial charge in [-0.1, -0.05) is 30.3 Å². The van der Waals surface area contributed by atoms with Gasteiger partial charge in [-0.05, 0) is 57.6 Å². The summed E-state index contributed by atoms with van der Waals surface area (Å²) in [6.07, 6.45) is 4.97. The number of benzene rings is 1. The first-order valence-corrected chi connectivity index (χ1v) is 9.16. The van der Waals surface area contributed by atoms with Gasteiger partial charge < -0.3 is 14.8 Å². The van der Waals surface area contributed by atoms with Gasteiger partial charge in [0.1, 0.15) is 0 Å². The second-order valence-corrected chi connectivity index (χ2v) is 8.09. The van der Waals surface area contributed by atoms with E-state index in [4.69, 9.17) is 9.47 Å². The van der Waals surface area contributed by atoms with E-state index in [1.165, 1.54) is 24.9 Å². The summed E-state index contributed by atoms with van der Waals surface area (Å²) in [6.45, 7) is 7.49. The van der Waals surface area contributed by atoms with Crippen LogP contribution in [-0.2, 0) is 15.9 Å². The molecule has 2 saturated heterocycles. The summed E-state index contributed by atoms with van der Waals surface area (Å²) in [6, 6.07) is 10.8. The fourth-order valence-electron chi connectivity index (χ4n) is 4.54. The highest BCUT2D eigenvalue weighted by molar-refractivity contribution is 5.16. The van der Waals surface area contributed by atoms with Crippen LogP contribution in [0.5, 0.6) is 0 Å². The Balaban J connectivity index is 1.45. The highest BCUT2D eigenvalue weighted by atomic mass is 16.7. The molecule has 4 rings (SSSR count). The lowest BCUT2D eigenvalue weighted by Gasteiger charge is -2.44. The molecule has 0 radical (unpaired) electrons. The van der Waals surface area contributed by atoms with E-state index in [0.717, 1.165) is 31.9 Å². The molecule has 1 saturated carbocycles. The van der Waals surface area contributed by atoms with Crippen molar-refractivity contribution in [1.82, 2.24) is 5.32 Å². The lowest BCUT2D eigenvalue weighted by atomic mass is 9.84. The fraction of sp³-hybridized carbons (Fsp3) is 0.700. The van der Waals surface area contributed by atoms with Crippen molar-refractivity contribution in [3.05, 3.63) is 35.9 Å². The third-order valence-corrected chi connectivity index (χ3v) is 6.30. The molecule has 1 aromatic carbocycles. The van der Waals surface area contributed by atoms with Gasteiger partial charge in [0.2, 0.25) is 0 Å². The van der Waals surface area contributed by atoms with Crippen LogP contribution in [0.15, 0.2) is 30.3 Å². The molecule has 2 aliphatic heterocycles. The molecule has 0 amide bonds. The van der Waals surface area contributed by atoms with E-state index in [-0.39, 0.29) is 0 Å². The van der Waals surface area contributed by atoms with Gasteiger partial charge in [0.05, 0.1) is 12.7 Å². The van der Waals surface area contributed by atoms with E-state index >= 15 is 0 Å². The topological polar surface area (TPSA) is 30.5 Å². The van der Waals surface area contributed by atoms with Crippen molar-refractivity contribution in [1.29, 1.82) is 0 Å². The summed E-state index contributed by atoms with van der Waals surface area (Å²) in [5.74, 6) is 0.821. The summed E-state index contributed by atoms with van der Waals surface area (Å²) in [4.78, 5) is 0. The molecule has 3 nitrogen and oxygen atoms in total. The molecule has 3 aliphatic rings. The first-order valence-electron chi connectivity index (χ1n) is 9.16. The molecule has 5 unspecified atom stereocenters. The van der Waals surface area contributed by atoms with Crippen LogP contribution in [0.3, 0.4) is 0 Å². The van der Waals surface area contributed by atoms with Crippen LogP contribution in [0, 0.1) is 17.3 Å². The number of rotatable bonds is 5. The summed E-state index contributed by atoms with van der Waals surface area (Å²) in [5, 5.41) is 3.50. The van der Waals surface area contributed by atoms with Gasteiger partial charge in [0.25, 0.3) is 0 Å². The molecule has 23 heavy (non-hydrogen) atoms. The zero-order chi connectivity index (χ0) is 15.9. The largest absolute Gasteiger partial charge is 0.349 e. The number of ether oxygens (including phenoxy) is 2. The first-order chi connectivity index (χ1) is 11.1. The molecule has 5 atom stereocenters. The summed E-state index contributed by atoms with van der Waals surface area (Å²) >= 11 is 0. The second-order valence-electron chi connectivity index (χ2n) is 8.09. The third kappa shape index (κ3) is 3.07. The van der Waals surface area contributed by atoms with Crippen molar-refractivity contribution in [3.8, 4) is 0 Å². The van der Waals surface area contributed by atoms with Crippen LogP contribution < -0.4 is 5.32 Å². The number of fused-ring (bicyclic) bond motifs is 1. The summed E-state index contributed by atoms with van der Waals surface area (Å²) in [7, 11) is 0. The Morgan fingerprint density at radius 2 is 2.09 bits per heavy atom. The molecule has 2 heterocycles. The van der Waals surface area contributed by atoms with Crippen LogP contribution in [-0.4, -0.2) is 31.6 Å². The van der Waals surface area contributed by atoms with E-state index in [9.17, 15) is 0 Å². The SMILES string of the molecule is CC1CCC(Cc2ccccc2)C(C)(OCC23CNCC2C3)O1. The highest BCUT2D eigenvalue weighted by Crippen LogP contribution is 2.55. The van der Waals surface area contributed by atoms with Crippen LogP contribution in [0.4, 0.5) is 0 Å². The lowest BCUT2D eigenvalue weighted by Crippen LogP contribution is -2.49. The molecule has 1 aromatic rings. The first kappa shape index (κ1) is 15.6. The van der Waals surface area contributed by atoms with Crippen LogP contribution >= 0.6 is 0 Å². The number of hydrogen-bond acceptors (Lipinski definition) is 3. The molecule has 0 aromatic heterocycles. The third-order valence-electron chi connectivity index (χ3n) is 6.30. The smallest absolute Gasteiger partial charge is 0.168 e. The predicted octanol–water partition coefficient (Wildman–Crippen LogP) is 3.39. The Morgan fingerprint density at radius 1 is 1.26 bits per heavy atom. The van der Waals surface area contributed by atoms with Gasteiger partial charge in [-0.15, -0.1) is 0 Å². The average molecular weight is 315 g/mol. The van der Waals surface area contributed by atoms with Gasteiger partial charge in [0.15, 0.2) is 5.79 Å². The number of piperidine rings is 1. The van der Waals surface area contributed by atoms with Crippen LogP contribution in [0.25, 0.3) is 0 Å². The molecule has 0 bridgehead atoms. The van der Waals surface area contributed by atoms with Crippen LogP contribution in [0.1, 0.15) is 38.7 Å². The lowest BCUT2D eigenvalue weighted by molar-refractivity contribution is -0.298. The quantitative estimate of drug-likeness (QED) is 0.903. The van der Waals surface area contributed by atoms with Crippen molar-refractivity contribution in [3.63, 3.8) is 0 Å². The molecule has 1 aliphatic carbocycles. The zero-order valence-electron chi connectivity index (χ0n) is 14.4. The maximum absolute atomic E-state index is 6.49. The Bertz CT molecular complexity index is 548. The molecule has 0 spiro atoms. The minimum absolute atomic E-state index is 0.293. The monoisotopic (exact) mass is 315 g/mol. The Hall–Kier alpha value is -0.900. The van der Waals surface area contributed by atoms with E-state index in [0.29, 0.717) is 17.4 Å². The molecule has 3 heteroatoms. The van der Waals surface area contributed by atoms with E-state index in [1.807, 2.05) is 0 Å². The van der Waals surface area contributed by atoms with Crippen LogP contribution in [0.2, 0.25) is 0 Å². The van der Waals surface area contributed by atoms with Gasteiger partial charge >= 0.3 is 0 Å². The Morgan fingerprint density at radius 3 is 2.78 bits per heavy atom. The maximum atomic E-state index is 6.49. The fourth-order valence-corrected chi connectivity index (χ4v) is 4.54. The molecule has 3 fully saturated rings. The van der Waals surface area contributed by atoms with Gasteiger partial charge in [-0.3, -0.25) is 0 Å². The van der Waals surface area contributed by atoms with Crippen molar-refractivity contribution in [2.24, 2.45) is 17.3 Å². The standard InChI is InChI=1S/C20H29NO2/c1-15-8-9-17(10-16-6-4-3-5-7-16)19(2,23-15)22-14-20-11-18(20)12-21-13-20/h3-7,15,17-18,21H,8-14H2,1-2H3. The Kier molecular flexibility index (Phi) is 3.99. The van der Waals surface area contributed by atoms with Crippen molar-refractivity contribution < 1.29 is 9.47 Å². The molecular weight excluding hydrogens is 286 g/mol. The molecular formula is C20H29NO2. The van der Waals surface area contributed by atoms with Crippen molar-refractivity contribution >= 4 is 0 Å². The Labute approximate surface area is 139 Å². The van der Waals surface area contributed by atoms with E-state index < -0.39 is 5.79 Å². The summed E-state index contributed by atoms with van der Waals surface area (Å²) in [5.41, 5.74) is 1.79. The van der Waals surface area contributed by atoms with Crippen molar-refractivity contribution in [2.45, 2.75) is 51.4 Å². The van der Waals surface area contributed by atoms with E-state index in [1.54, 1.807) is 0 Å². The second kappa shape index (κ2) is 5.87. The number of hydrogen-bond donors (Lipinski definition) is 1. The zero-order valence-corrected chi connectivity index (χ0v) is 14.4. The van der Waals surface area contributed by atoms with Gasteiger partial charge in [0, 0.05) is 17.9 Å². The minimum atomic E-state index is -0.446. The molecule has 1 N–H and O–H groups in total. The van der Waals surface area contributed by atoms with E-state index in [2.05, 4.69) is 49.5 Å². The highest BCUT2D eigenvalue weighted by Gasteiger charge is 2.58. The summed E-state index contributed by atoms with van der Waals surface area (Å²) < 4.78 is 12.8. The van der Waals surface area contributed by atoms with Crippen molar-refractivity contribution in [2.75, 3.05) is 19.7 Å². The molecule has 126 valence electrons. The predicted molar refractivity (Wildman–Crippen MR) is 91.2 cm³/mol. The number of nitrogens with one attached hydrogen (secondary N) is 1. The minimum Gasteiger partial charge on any atom is -0.349 e.